The molecule has 0 aliphatic heterocycles. The zero-order chi connectivity index (χ0) is 14.5. The predicted octanol–water partition coefficient (Wildman–Crippen LogP) is 0.348. The molecule has 0 amide bonds. The molecule has 0 aliphatic rings. The quantitative estimate of drug-likeness (QED) is 0.708. The van der Waals surface area contributed by atoms with Gasteiger partial charge in [0.15, 0.2) is 0 Å². The van der Waals surface area contributed by atoms with Gasteiger partial charge in [0.05, 0.1) is 18.4 Å². The molecule has 0 fully saturated rings. The number of hydrogen-bond donors (Lipinski definition) is 2. The van der Waals surface area contributed by atoms with Crippen LogP contribution in [0.15, 0.2) is 23.1 Å². The third-order valence-corrected chi connectivity index (χ3v) is 3.95. The maximum atomic E-state index is 12.9. The number of sulfonamides is 1. The Morgan fingerprint density at radius 1 is 1.42 bits per heavy atom. The number of rotatable bonds is 7. The number of hydrogen-bond acceptors (Lipinski definition) is 5. The van der Waals surface area contributed by atoms with Crippen LogP contribution in [0.1, 0.15) is 0 Å². The Morgan fingerprint density at radius 2 is 2.11 bits per heavy atom. The van der Waals surface area contributed by atoms with Crippen LogP contribution >= 0.6 is 0 Å². The van der Waals surface area contributed by atoms with Gasteiger partial charge in [0.2, 0.25) is 10.0 Å². The van der Waals surface area contributed by atoms with E-state index in [4.69, 9.17) is 15.2 Å². The summed E-state index contributed by atoms with van der Waals surface area (Å²) in [4.78, 5) is -0.166. The fourth-order valence-corrected chi connectivity index (χ4v) is 2.62. The Morgan fingerprint density at radius 3 is 2.63 bits per heavy atom. The summed E-state index contributed by atoms with van der Waals surface area (Å²) in [6.07, 6.45) is -0.415. The summed E-state index contributed by atoms with van der Waals surface area (Å²) in [5.41, 5.74) is 5.34. The molecule has 1 unspecified atom stereocenters. The third kappa shape index (κ3) is 4.43. The fourth-order valence-electron chi connectivity index (χ4n) is 1.44. The second-order valence-corrected chi connectivity index (χ2v) is 5.58. The van der Waals surface area contributed by atoms with Gasteiger partial charge in [-0.2, -0.15) is 0 Å². The first kappa shape index (κ1) is 15.8. The third-order valence-electron chi connectivity index (χ3n) is 2.45. The molecule has 0 aliphatic carbocycles. The highest BCUT2D eigenvalue weighted by Crippen LogP contribution is 2.18. The Balaban J connectivity index is 2.81. The minimum absolute atomic E-state index is 0.0312. The van der Waals surface area contributed by atoms with Crippen LogP contribution in [0.3, 0.4) is 0 Å². The summed E-state index contributed by atoms with van der Waals surface area (Å²) in [6.45, 7) is 0.279. The summed E-state index contributed by atoms with van der Waals surface area (Å²) in [5.74, 6) is -0.592. The van der Waals surface area contributed by atoms with Crippen molar-refractivity contribution in [3.8, 4) is 0 Å². The van der Waals surface area contributed by atoms with Crippen LogP contribution in [0.4, 0.5) is 10.1 Å². The topological polar surface area (TPSA) is 90.7 Å². The van der Waals surface area contributed by atoms with Gasteiger partial charge in [-0.05, 0) is 18.2 Å². The molecule has 0 heterocycles. The van der Waals surface area contributed by atoms with E-state index >= 15 is 0 Å². The molecule has 1 atom stereocenters. The lowest BCUT2D eigenvalue weighted by atomic mass is 10.3. The van der Waals surface area contributed by atoms with Crippen LogP contribution < -0.4 is 10.5 Å². The molecular weight excluding hydrogens is 275 g/mol. The number of benzene rings is 1. The number of ether oxygens (including phenoxy) is 2. The van der Waals surface area contributed by atoms with Gasteiger partial charge in [0.25, 0.3) is 0 Å². The molecule has 1 aromatic carbocycles. The van der Waals surface area contributed by atoms with Crippen LogP contribution in [-0.2, 0) is 19.5 Å². The van der Waals surface area contributed by atoms with E-state index in [-0.39, 0.29) is 23.7 Å². The molecule has 0 saturated heterocycles. The fraction of sp³-hybridized carbons (Fsp3) is 0.455. The zero-order valence-corrected chi connectivity index (χ0v) is 11.5. The predicted molar refractivity (Wildman–Crippen MR) is 68.7 cm³/mol. The summed E-state index contributed by atoms with van der Waals surface area (Å²) in [5, 5.41) is 0. The average Bonchev–Trinajstić information content (AvgIpc) is 2.34. The molecule has 108 valence electrons. The number of nitrogens with one attached hydrogen (secondary N) is 1. The van der Waals surface area contributed by atoms with Gasteiger partial charge in [0.1, 0.15) is 10.7 Å². The van der Waals surface area contributed by atoms with Crippen molar-refractivity contribution < 1.29 is 22.3 Å². The standard InChI is InChI=1S/C11H17FN2O4S/c1-17-7-9(18-2)6-14-19(15,16)11-4-3-8(12)5-10(11)13/h3-5,9,14H,6-7,13H2,1-2H3. The Kier molecular flexibility index (Phi) is 5.67. The monoisotopic (exact) mass is 292 g/mol. The van der Waals surface area contributed by atoms with Crippen LogP contribution in [-0.4, -0.2) is 41.9 Å². The smallest absolute Gasteiger partial charge is 0.242 e. The van der Waals surface area contributed by atoms with E-state index in [2.05, 4.69) is 4.72 Å². The first-order valence-electron chi connectivity index (χ1n) is 5.47. The van der Waals surface area contributed by atoms with Crippen molar-refractivity contribution in [1.82, 2.24) is 4.72 Å². The Hall–Kier alpha value is -1.22. The highest BCUT2D eigenvalue weighted by atomic mass is 32.2. The molecule has 0 spiro atoms. The maximum Gasteiger partial charge on any atom is 0.242 e. The largest absolute Gasteiger partial charge is 0.398 e. The molecule has 0 saturated carbocycles. The summed E-state index contributed by atoms with van der Waals surface area (Å²) in [6, 6.07) is 3.11. The van der Waals surface area contributed by atoms with Crippen molar-refractivity contribution in [2.75, 3.05) is 33.1 Å². The van der Waals surface area contributed by atoms with Gasteiger partial charge in [-0.25, -0.2) is 17.5 Å². The highest BCUT2D eigenvalue weighted by Gasteiger charge is 2.19. The van der Waals surface area contributed by atoms with Crippen LogP contribution in [0.25, 0.3) is 0 Å². The molecular formula is C11H17FN2O4S. The molecule has 1 aromatic rings. The van der Waals surface area contributed by atoms with Gasteiger partial charge in [0, 0.05) is 20.8 Å². The molecule has 3 N–H and O–H groups in total. The normalized spacial score (nSPS) is 13.4. The zero-order valence-electron chi connectivity index (χ0n) is 10.7. The van der Waals surface area contributed by atoms with E-state index in [0.29, 0.717) is 0 Å². The summed E-state index contributed by atoms with van der Waals surface area (Å²) in [7, 11) is -0.875. The van der Waals surface area contributed by atoms with Crippen molar-refractivity contribution in [3.63, 3.8) is 0 Å². The van der Waals surface area contributed by atoms with Crippen molar-refractivity contribution in [2.24, 2.45) is 0 Å². The summed E-state index contributed by atoms with van der Waals surface area (Å²) >= 11 is 0. The molecule has 0 radical (unpaired) electrons. The Bertz CT molecular complexity index is 521. The average molecular weight is 292 g/mol. The number of nitrogen functional groups attached to an aromatic ring is 1. The van der Waals surface area contributed by atoms with Crippen molar-refractivity contribution in [1.29, 1.82) is 0 Å². The molecule has 6 nitrogen and oxygen atoms in total. The van der Waals surface area contributed by atoms with Crippen LogP contribution in [0.2, 0.25) is 0 Å². The second-order valence-electron chi connectivity index (χ2n) is 3.85. The first-order chi connectivity index (χ1) is 8.90. The van der Waals surface area contributed by atoms with Crippen molar-refractivity contribution >= 4 is 15.7 Å². The SMILES string of the molecule is COCC(CNS(=O)(=O)c1ccc(F)cc1N)OC. The van der Waals surface area contributed by atoms with E-state index in [1.165, 1.54) is 14.2 Å². The molecule has 0 aromatic heterocycles. The highest BCUT2D eigenvalue weighted by molar-refractivity contribution is 7.89. The van der Waals surface area contributed by atoms with Crippen molar-refractivity contribution in [3.05, 3.63) is 24.0 Å². The van der Waals surface area contributed by atoms with Crippen LogP contribution in [0.5, 0.6) is 0 Å². The van der Waals surface area contributed by atoms with Gasteiger partial charge >= 0.3 is 0 Å². The lowest BCUT2D eigenvalue weighted by Crippen LogP contribution is -2.35. The van der Waals surface area contributed by atoms with E-state index < -0.39 is 21.9 Å². The first-order valence-corrected chi connectivity index (χ1v) is 6.95. The lowest BCUT2D eigenvalue weighted by Gasteiger charge is -2.15. The second kappa shape index (κ2) is 6.80. The van der Waals surface area contributed by atoms with Crippen molar-refractivity contribution in [2.45, 2.75) is 11.0 Å². The van der Waals surface area contributed by atoms with E-state index in [0.717, 1.165) is 18.2 Å². The Labute approximate surface area is 111 Å². The molecule has 19 heavy (non-hydrogen) atoms. The number of anilines is 1. The molecule has 1 rings (SSSR count). The minimum atomic E-state index is -3.81. The maximum absolute atomic E-state index is 12.9. The van der Waals surface area contributed by atoms with E-state index in [9.17, 15) is 12.8 Å². The summed E-state index contributed by atoms with van der Waals surface area (Å²) < 4.78 is 49.1. The molecule has 8 heteroatoms. The van der Waals surface area contributed by atoms with Gasteiger partial charge in [-0.1, -0.05) is 0 Å². The number of halogens is 1. The number of methoxy groups -OCH3 is 2. The minimum Gasteiger partial charge on any atom is -0.398 e. The number of nitrogens with two attached hydrogens (primary N) is 1. The van der Waals surface area contributed by atoms with Gasteiger partial charge in [-0.15, -0.1) is 0 Å². The van der Waals surface area contributed by atoms with E-state index in [1.54, 1.807) is 0 Å². The molecule has 0 bridgehead atoms. The lowest BCUT2D eigenvalue weighted by molar-refractivity contribution is 0.0320. The van der Waals surface area contributed by atoms with Gasteiger partial charge in [-0.3, -0.25) is 0 Å². The van der Waals surface area contributed by atoms with Crippen LogP contribution in [0, 0.1) is 5.82 Å². The van der Waals surface area contributed by atoms with E-state index in [1.807, 2.05) is 0 Å². The van der Waals surface area contributed by atoms with Gasteiger partial charge < -0.3 is 15.2 Å².